The predicted molar refractivity (Wildman–Crippen MR) is 68.9 cm³/mol. The average molecular weight is 270 g/mol. The largest absolute Gasteiger partial charge is 0.481 e. The lowest BCUT2D eigenvalue weighted by Gasteiger charge is -2.29. The van der Waals surface area contributed by atoms with E-state index < -0.39 is 11.9 Å². The molecule has 6 nitrogen and oxygen atoms in total. The summed E-state index contributed by atoms with van der Waals surface area (Å²) in [5.74, 6) is -0.738. The maximum Gasteiger partial charge on any atom is 0.317 e. The summed E-state index contributed by atoms with van der Waals surface area (Å²) in [6.07, 6.45) is 3.56. The molecule has 1 saturated carbocycles. The van der Waals surface area contributed by atoms with Crippen molar-refractivity contribution in [3.05, 3.63) is 0 Å². The number of likely N-dealkylation sites (N-methyl/N-ethyl adjacent to an activating group) is 1. The van der Waals surface area contributed by atoms with Crippen molar-refractivity contribution in [3.63, 3.8) is 0 Å². The van der Waals surface area contributed by atoms with Crippen molar-refractivity contribution in [2.75, 3.05) is 26.3 Å². The first-order valence-electron chi connectivity index (χ1n) is 6.98. The molecular formula is C13H22N2O4. The number of amides is 2. The van der Waals surface area contributed by atoms with Crippen LogP contribution in [-0.2, 0) is 9.53 Å². The summed E-state index contributed by atoms with van der Waals surface area (Å²) >= 11 is 0. The minimum Gasteiger partial charge on any atom is -0.481 e. The number of urea groups is 1. The molecule has 0 radical (unpaired) electrons. The number of nitrogens with zero attached hydrogens (tertiary/aromatic N) is 1. The first kappa shape index (κ1) is 14.1. The first-order chi connectivity index (χ1) is 9.13. The summed E-state index contributed by atoms with van der Waals surface area (Å²) in [6.45, 7) is 3.52. The van der Waals surface area contributed by atoms with E-state index in [1.165, 1.54) is 12.8 Å². The second kappa shape index (κ2) is 6.23. The van der Waals surface area contributed by atoms with Gasteiger partial charge in [-0.25, -0.2) is 4.79 Å². The van der Waals surface area contributed by atoms with Crippen molar-refractivity contribution < 1.29 is 19.4 Å². The Morgan fingerprint density at radius 2 is 2.11 bits per heavy atom. The monoisotopic (exact) mass is 270 g/mol. The van der Waals surface area contributed by atoms with Gasteiger partial charge in [0.15, 0.2) is 0 Å². The number of hydrogen-bond donors (Lipinski definition) is 2. The highest BCUT2D eigenvalue weighted by Crippen LogP contribution is 2.31. The molecule has 1 aliphatic carbocycles. The minimum atomic E-state index is -0.897. The summed E-state index contributed by atoms with van der Waals surface area (Å²) < 4.78 is 5.21. The molecule has 2 aliphatic rings. The molecule has 2 fully saturated rings. The number of rotatable bonds is 6. The van der Waals surface area contributed by atoms with Gasteiger partial charge in [-0.15, -0.1) is 0 Å². The molecule has 0 aromatic heterocycles. The highest BCUT2D eigenvalue weighted by atomic mass is 16.5. The van der Waals surface area contributed by atoms with Crippen LogP contribution in [0.25, 0.3) is 0 Å². The normalized spacial score (nSPS) is 26.2. The van der Waals surface area contributed by atoms with Crippen LogP contribution in [0, 0.1) is 11.8 Å². The lowest BCUT2D eigenvalue weighted by molar-refractivity contribution is -0.142. The summed E-state index contributed by atoms with van der Waals surface area (Å²) in [6, 6.07) is -0.534. The Labute approximate surface area is 113 Å². The quantitative estimate of drug-likeness (QED) is 0.752. The molecule has 1 heterocycles. The molecule has 2 amide bonds. The van der Waals surface area contributed by atoms with Crippen LogP contribution in [0.15, 0.2) is 0 Å². The Balaban J connectivity index is 1.85. The molecule has 108 valence electrons. The fourth-order valence-corrected chi connectivity index (χ4v) is 2.51. The molecule has 1 aliphatic heterocycles. The zero-order valence-corrected chi connectivity index (χ0v) is 11.3. The summed E-state index contributed by atoms with van der Waals surface area (Å²) in [5, 5.41) is 12.0. The molecule has 2 unspecified atom stereocenters. The maximum atomic E-state index is 12.1. The van der Waals surface area contributed by atoms with Crippen LogP contribution in [0.3, 0.4) is 0 Å². The lowest BCUT2D eigenvalue weighted by Crippen LogP contribution is -2.50. The van der Waals surface area contributed by atoms with Crippen molar-refractivity contribution in [2.45, 2.75) is 32.2 Å². The molecule has 0 aromatic rings. The van der Waals surface area contributed by atoms with Crippen molar-refractivity contribution in [1.82, 2.24) is 10.2 Å². The molecule has 0 spiro atoms. The Morgan fingerprint density at radius 3 is 2.68 bits per heavy atom. The summed E-state index contributed by atoms with van der Waals surface area (Å²) in [7, 11) is 0. The summed E-state index contributed by atoms with van der Waals surface area (Å²) in [5.41, 5.74) is 0. The van der Waals surface area contributed by atoms with E-state index in [0.717, 1.165) is 12.3 Å². The third kappa shape index (κ3) is 3.59. The third-order valence-corrected chi connectivity index (χ3v) is 3.90. The number of carboxylic acid groups (broad SMARTS) is 1. The van der Waals surface area contributed by atoms with Gasteiger partial charge in [0.25, 0.3) is 0 Å². The Hall–Kier alpha value is -1.30. The topological polar surface area (TPSA) is 78.9 Å². The molecule has 0 aromatic carbocycles. The van der Waals surface area contributed by atoms with E-state index in [-0.39, 0.29) is 18.7 Å². The van der Waals surface area contributed by atoms with E-state index in [1.807, 2.05) is 6.92 Å². The van der Waals surface area contributed by atoms with Crippen LogP contribution in [0.4, 0.5) is 4.79 Å². The van der Waals surface area contributed by atoms with Crippen molar-refractivity contribution >= 4 is 12.0 Å². The van der Waals surface area contributed by atoms with Crippen LogP contribution in [0.2, 0.25) is 0 Å². The SMILES string of the molecule is CCN(C(=O)NCCC1CC1)C1COCC1C(=O)O. The van der Waals surface area contributed by atoms with Gasteiger partial charge in [-0.05, 0) is 19.3 Å². The van der Waals surface area contributed by atoms with E-state index in [1.54, 1.807) is 4.90 Å². The molecule has 0 bridgehead atoms. The van der Waals surface area contributed by atoms with Gasteiger partial charge in [0.1, 0.15) is 5.92 Å². The number of nitrogens with one attached hydrogen (secondary N) is 1. The van der Waals surface area contributed by atoms with Gasteiger partial charge in [-0.1, -0.05) is 12.8 Å². The third-order valence-electron chi connectivity index (χ3n) is 3.90. The number of carbonyl (C=O) groups excluding carboxylic acids is 1. The lowest BCUT2D eigenvalue weighted by atomic mass is 10.0. The van der Waals surface area contributed by atoms with Crippen molar-refractivity contribution in [3.8, 4) is 0 Å². The van der Waals surface area contributed by atoms with Crippen molar-refractivity contribution in [2.24, 2.45) is 11.8 Å². The van der Waals surface area contributed by atoms with Gasteiger partial charge in [-0.2, -0.15) is 0 Å². The van der Waals surface area contributed by atoms with E-state index in [4.69, 9.17) is 9.84 Å². The molecule has 2 atom stereocenters. The predicted octanol–water partition coefficient (Wildman–Crippen LogP) is 0.918. The second-order valence-electron chi connectivity index (χ2n) is 5.30. The Kier molecular flexibility index (Phi) is 4.63. The zero-order valence-electron chi connectivity index (χ0n) is 11.3. The Bertz CT molecular complexity index is 344. The Morgan fingerprint density at radius 1 is 1.37 bits per heavy atom. The van der Waals surface area contributed by atoms with Crippen molar-refractivity contribution in [1.29, 1.82) is 0 Å². The van der Waals surface area contributed by atoms with Crippen LogP contribution in [-0.4, -0.2) is 54.4 Å². The average Bonchev–Trinajstić information content (AvgIpc) is 3.05. The molecule has 2 N–H and O–H groups in total. The smallest absolute Gasteiger partial charge is 0.317 e. The van der Waals surface area contributed by atoms with E-state index in [0.29, 0.717) is 19.7 Å². The van der Waals surface area contributed by atoms with Gasteiger partial charge < -0.3 is 20.1 Å². The molecule has 2 rings (SSSR count). The number of hydrogen-bond acceptors (Lipinski definition) is 3. The van der Waals surface area contributed by atoms with Gasteiger partial charge in [0.05, 0.1) is 19.3 Å². The summed E-state index contributed by atoms with van der Waals surface area (Å²) in [4.78, 5) is 24.8. The highest BCUT2D eigenvalue weighted by molar-refractivity contribution is 5.77. The fourth-order valence-electron chi connectivity index (χ4n) is 2.51. The van der Waals surface area contributed by atoms with Gasteiger partial charge in [-0.3, -0.25) is 4.79 Å². The minimum absolute atomic E-state index is 0.176. The first-order valence-corrected chi connectivity index (χ1v) is 6.98. The molecule has 1 saturated heterocycles. The van der Waals surface area contributed by atoms with E-state index in [2.05, 4.69) is 5.32 Å². The molecule has 19 heavy (non-hydrogen) atoms. The van der Waals surface area contributed by atoms with Gasteiger partial charge in [0, 0.05) is 13.1 Å². The van der Waals surface area contributed by atoms with E-state index in [9.17, 15) is 9.59 Å². The van der Waals surface area contributed by atoms with Crippen LogP contribution >= 0.6 is 0 Å². The van der Waals surface area contributed by atoms with Crippen LogP contribution in [0.1, 0.15) is 26.2 Å². The molecule has 6 heteroatoms. The van der Waals surface area contributed by atoms with Crippen LogP contribution in [0.5, 0.6) is 0 Å². The number of carboxylic acids is 1. The zero-order chi connectivity index (χ0) is 13.8. The standard InChI is InChI=1S/C13H22N2O4/c1-2-15(11-8-19-7-10(11)12(16)17)13(18)14-6-5-9-3-4-9/h9-11H,2-8H2,1H3,(H,14,18)(H,16,17). The van der Waals surface area contributed by atoms with E-state index >= 15 is 0 Å². The fraction of sp³-hybridized carbons (Fsp3) is 0.846. The second-order valence-corrected chi connectivity index (χ2v) is 5.30. The maximum absolute atomic E-state index is 12.1. The number of aliphatic carboxylic acids is 1. The number of carbonyl (C=O) groups is 2. The van der Waals surface area contributed by atoms with Gasteiger partial charge in [0.2, 0.25) is 0 Å². The highest BCUT2D eigenvalue weighted by Gasteiger charge is 2.39. The number of ether oxygens (including phenoxy) is 1. The van der Waals surface area contributed by atoms with Crippen LogP contribution < -0.4 is 5.32 Å². The molecular weight excluding hydrogens is 248 g/mol. The van der Waals surface area contributed by atoms with Gasteiger partial charge >= 0.3 is 12.0 Å².